The molecule has 2 saturated heterocycles. The number of amides is 1. The maximum absolute atomic E-state index is 13.1. The van der Waals surface area contributed by atoms with Crippen LogP contribution in [-0.4, -0.2) is 51.6 Å². The van der Waals surface area contributed by atoms with Gasteiger partial charge in [-0.1, -0.05) is 11.2 Å². The average Bonchev–Trinajstić information content (AvgIpc) is 3.35. The summed E-state index contributed by atoms with van der Waals surface area (Å²) in [6.07, 6.45) is 3.49. The van der Waals surface area contributed by atoms with E-state index in [2.05, 4.69) is 16.1 Å². The van der Waals surface area contributed by atoms with Gasteiger partial charge in [-0.05, 0) is 51.3 Å². The number of piperidine rings is 1. The van der Waals surface area contributed by atoms with Crippen molar-refractivity contribution >= 4 is 5.91 Å². The van der Waals surface area contributed by atoms with Crippen LogP contribution in [0, 0.1) is 12.8 Å². The topological polar surface area (TPSA) is 71.6 Å². The summed E-state index contributed by atoms with van der Waals surface area (Å²) >= 11 is 0. The molecule has 0 spiro atoms. The summed E-state index contributed by atoms with van der Waals surface area (Å²) in [5, 5.41) is 3.88. The fourth-order valence-electron chi connectivity index (χ4n) is 5.09. The van der Waals surface area contributed by atoms with Gasteiger partial charge in [0.05, 0.1) is 0 Å². The summed E-state index contributed by atoms with van der Waals surface area (Å²) in [6.45, 7) is 6.72. The Morgan fingerprint density at radius 1 is 1.21 bits per heavy atom. The molecule has 5 heterocycles. The molecule has 0 N–H and O–H groups in total. The molecule has 28 heavy (non-hydrogen) atoms. The van der Waals surface area contributed by atoms with E-state index < -0.39 is 0 Å². The lowest BCUT2D eigenvalue weighted by atomic mass is 9.83. The van der Waals surface area contributed by atoms with Crippen molar-refractivity contribution in [1.82, 2.24) is 19.5 Å². The third-order valence-electron chi connectivity index (χ3n) is 6.41. The number of pyridine rings is 1. The monoisotopic (exact) mass is 382 g/mol. The van der Waals surface area contributed by atoms with Gasteiger partial charge in [0, 0.05) is 49.4 Å². The molecule has 2 bridgehead atoms. The normalized spacial score (nSPS) is 24.4. The van der Waals surface area contributed by atoms with E-state index >= 15 is 0 Å². The van der Waals surface area contributed by atoms with Crippen molar-refractivity contribution in [3.63, 3.8) is 0 Å². The first kappa shape index (κ1) is 17.7. The number of carbonyl (C=O) groups is 1. The smallest absolute Gasteiger partial charge is 0.276 e. The molecule has 0 saturated carbocycles. The summed E-state index contributed by atoms with van der Waals surface area (Å²) in [4.78, 5) is 30.2. The fourth-order valence-corrected chi connectivity index (χ4v) is 5.09. The van der Waals surface area contributed by atoms with E-state index in [1.165, 1.54) is 12.8 Å². The summed E-state index contributed by atoms with van der Waals surface area (Å²) in [7, 11) is 0. The first-order chi connectivity index (χ1) is 13.6. The maximum atomic E-state index is 13.1. The number of fused-ring (bicyclic) bond motifs is 4. The highest BCUT2D eigenvalue weighted by Gasteiger charge is 2.37. The Hall–Kier alpha value is -2.41. The van der Waals surface area contributed by atoms with E-state index in [4.69, 9.17) is 4.52 Å². The Morgan fingerprint density at radius 2 is 2.04 bits per heavy atom. The second kappa shape index (κ2) is 6.88. The highest BCUT2D eigenvalue weighted by molar-refractivity contribution is 5.92. The predicted molar refractivity (Wildman–Crippen MR) is 103 cm³/mol. The van der Waals surface area contributed by atoms with Crippen LogP contribution in [0.25, 0.3) is 0 Å². The lowest BCUT2D eigenvalue weighted by Crippen LogP contribution is -2.49. The Bertz CT molecular complexity index is 957. The van der Waals surface area contributed by atoms with Gasteiger partial charge in [-0.2, -0.15) is 0 Å². The first-order valence-electron chi connectivity index (χ1n) is 10.3. The zero-order valence-electron chi connectivity index (χ0n) is 16.3. The Morgan fingerprint density at radius 3 is 2.79 bits per heavy atom. The van der Waals surface area contributed by atoms with Crippen LogP contribution in [-0.2, 0) is 13.1 Å². The standard InChI is InChI=1S/C21H26N4O3/c1-14-8-18(22-28-14)21(27)24-10-15-9-17(13-24)19-5-4-16(20(26)25(19)11-15)12-23-6-2-3-7-23/h4-5,8,15,17H,2-3,6-7,9-13H2,1H3/t15-,17+/m0/s1. The molecule has 0 aromatic carbocycles. The van der Waals surface area contributed by atoms with Crippen LogP contribution < -0.4 is 5.56 Å². The van der Waals surface area contributed by atoms with Crippen molar-refractivity contribution in [3.05, 3.63) is 51.3 Å². The van der Waals surface area contributed by atoms with Crippen LogP contribution in [0.3, 0.4) is 0 Å². The van der Waals surface area contributed by atoms with Gasteiger partial charge in [-0.25, -0.2) is 0 Å². The van der Waals surface area contributed by atoms with Crippen LogP contribution in [0.1, 0.15) is 52.7 Å². The number of aryl methyl sites for hydroxylation is 1. The molecule has 0 aliphatic carbocycles. The van der Waals surface area contributed by atoms with E-state index in [-0.39, 0.29) is 17.4 Å². The van der Waals surface area contributed by atoms with Gasteiger partial charge in [0.15, 0.2) is 5.69 Å². The second-order valence-electron chi connectivity index (χ2n) is 8.51. The SMILES string of the molecule is Cc1cc(C(=O)N2C[C@@H]3C[C@H](C2)c2ccc(CN4CCCC4)c(=O)n2C3)no1. The zero-order chi connectivity index (χ0) is 19.3. The number of hydrogen-bond donors (Lipinski definition) is 0. The number of carbonyl (C=O) groups excluding carboxylic acids is 1. The third kappa shape index (κ3) is 3.07. The quantitative estimate of drug-likeness (QED) is 0.812. The maximum Gasteiger partial charge on any atom is 0.276 e. The minimum atomic E-state index is -0.0759. The predicted octanol–water partition coefficient (Wildman–Crippen LogP) is 2.00. The van der Waals surface area contributed by atoms with Crippen LogP contribution in [0.5, 0.6) is 0 Å². The fraction of sp³-hybridized carbons (Fsp3) is 0.571. The molecule has 0 radical (unpaired) electrons. The van der Waals surface area contributed by atoms with E-state index in [9.17, 15) is 9.59 Å². The van der Waals surface area contributed by atoms with Gasteiger partial charge >= 0.3 is 0 Å². The van der Waals surface area contributed by atoms with Crippen LogP contribution >= 0.6 is 0 Å². The van der Waals surface area contributed by atoms with Crippen LogP contribution in [0.4, 0.5) is 0 Å². The molecule has 2 aromatic heterocycles. The summed E-state index contributed by atoms with van der Waals surface area (Å²) < 4.78 is 7.04. The van der Waals surface area contributed by atoms with E-state index in [0.29, 0.717) is 37.0 Å². The molecule has 1 amide bonds. The molecule has 2 aromatic rings. The van der Waals surface area contributed by atoms with Gasteiger partial charge in [0.1, 0.15) is 5.76 Å². The van der Waals surface area contributed by atoms with E-state index in [0.717, 1.165) is 37.3 Å². The first-order valence-corrected chi connectivity index (χ1v) is 10.3. The van der Waals surface area contributed by atoms with Crippen molar-refractivity contribution < 1.29 is 9.32 Å². The highest BCUT2D eigenvalue weighted by Crippen LogP contribution is 2.35. The number of hydrogen-bond acceptors (Lipinski definition) is 5. The van der Waals surface area contributed by atoms with Gasteiger partial charge in [0.25, 0.3) is 11.5 Å². The Labute approximate surface area is 163 Å². The van der Waals surface area contributed by atoms with E-state index in [1.54, 1.807) is 13.0 Å². The number of rotatable bonds is 3. The number of nitrogens with zero attached hydrogens (tertiary/aromatic N) is 4. The van der Waals surface area contributed by atoms with Crippen molar-refractivity contribution in [3.8, 4) is 0 Å². The third-order valence-corrected chi connectivity index (χ3v) is 6.41. The second-order valence-corrected chi connectivity index (χ2v) is 8.51. The van der Waals surface area contributed by atoms with Crippen LogP contribution in [0.15, 0.2) is 27.5 Å². The zero-order valence-corrected chi connectivity index (χ0v) is 16.3. The van der Waals surface area contributed by atoms with Gasteiger partial charge in [-0.15, -0.1) is 0 Å². The molecule has 3 aliphatic heterocycles. The van der Waals surface area contributed by atoms with Crippen molar-refractivity contribution in [2.24, 2.45) is 5.92 Å². The molecule has 2 fully saturated rings. The minimum Gasteiger partial charge on any atom is -0.361 e. The summed E-state index contributed by atoms with van der Waals surface area (Å²) in [5.74, 6) is 1.08. The van der Waals surface area contributed by atoms with Crippen LogP contribution in [0.2, 0.25) is 0 Å². The lowest BCUT2D eigenvalue weighted by molar-refractivity contribution is 0.0584. The number of likely N-dealkylation sites (tertiary alicyclic amines) is 2. The minimum absolute atomic E-state index is 0.0759. The molecule has 0 unspecified atom stereocenters. The number of aromatic nitrogens is 2. The molecule has 7 heteroatoms. The van der Waals surface area contributed by atoms with E-state index in [1.807, 2.05) is 15.5 Å². The largest absolute Gasteiger partial charge is 0.361 e. The average molecular weight is 382 g/mol. The van der Waals surface area contributed by atoms with Crippen molar-refractivity contribution in [2.75, 3.05) is 26.2 Å². The van der Waals surface area contributed by atoms with Gasteiger partial charge in [0.2, 0.25) is 0 Å². The summed E-state index contributed by atoms with van der Waals surface area (Å²) in [6, 6.07) is 5.81. The highest BCUT2D eigenvalue weighted by atomic mass is 16.5. The van der Waals surface area contributed by atoms with Crippen molar-refractivity contribution in [1.29, 1.82) is 0 Å². The molecule has 148 valence electrons. The molecule has 3 aliphatic rings. The van der Waals surface area contributed by atoms with Crippen molar-refractivity contribution in [2.45, 2.75) is 45.2 Å². The lowest BCUT2D eigenvalue weighted by Gasteiger charge is -2.42. The van der Waals surface area contributed by atoms with Gasteiger partial charge in [-0.3, -0.25) is 14.5 Å². The Balaban J connectivity index is 1.39. The van der Waals surface area contributed by atoms with Gasteiger partial charge < -0.3 is 14.0 Å². The summed E-state index contributed by atoms with van der Waals surface area (Å²) in [5.41, 5.74) is 2.50. The molecule has 5 rings (SSSR count). The Kier molecular flexibility index (Phi) is 4.34. The molecule has 2 atom stereocenters. The molecular weight excluding hydrogens is 356 g/mol. The molecule has 7 nitrogen and oxygen atoms in total. The molecular formula is C21H26N4O3.